The lowest BCUT2D eigenvalue weighted by Gasteiger charge is -2.21. The summed E-state index contributed by atoms with van der Waals surface area (Å²) in [4.78, 5) is 25.9. The van der Waals surface area contributed by atoms with Crippen molar-refractivity contribution >= 4 is 28.5 Å². The fourth-order valence-corrected chi connectivity index (χ4v) is 3.69. The van der Waals surface area contributed by atoms with Gasteiger partial charge < -0.3 is 16.8 Å². The number of nitrogens with two attached hydrogens (primary N) is 2. The number of halogens is 2. The average Bonchev–Trinajstić information content (AvgIpc) is 2.83. The maximum Gasteiger partial charge on any atom is 0.266 e. The van der Waals surface area contributed by atoms with Crippen LogP contribution >= 0.6 is 0 Å². The van der Waals surface area contributed by atoms with E-state index in [0.29, 0.717) is 0 Å². The van der Waals surface area contributed by atoms with Crippen molar-refractivity contribution in [3.8, 4) is 17.8 Å². The minimum atomic E-state index is -2.90. The Kier molecular flexibility index (Phi) is 5.96. The van der Waals surface area contributed by atoms with E-state index < -0.39 is 23.6 Å². The smallest absolute Gasteiger partial charge is 0.266 e. The number of benzene rings is 2. The van der Waals surface area contributed by atoms with Gasteiger partial charge in [0.2, 0.25) is 5.95 Å². The number of hydrogen-bond acceptors (Lipinski definition) is 9. The van der Waals surface area contributed by atoms with Crippen LogP contribution in [0.1, 0.15) is 41.9 Å². The average molecular weight is 473 g/mol. The van der Waals surface area contributed by atoms with E-state index in [9.17, 15) is 24.1 Å². The number of nitriles is 2. The molecule has 2 aromatic carbocycles. The van der Waals surface area contributed by atoms with Crippen molar-refractivity contribution in [3.05, 3.63) is 75.3 Å². The van der Waals surface area contributed by atoms with Crippen molar-refractivity contribution in [3.63, 3.8) is 0 Å². The zero-order valence-electron chi connectivity index (χ0n) is 18.2. The zero-order chi connectivity index (χ0) is 25.3. The first-order valence-corrected chi connectivity index (χ1v) is 10.2. The molecule has 0 fully saturated rings. The van der Waals surface area contributed by atoms with E-state index in [4.69, 9.17) is 11.5 Å². The molecule has 4 rings (SSSR count). The van der Waals surface area contributed by atoms with Crippen LogP contribution in [0, 0.1) is 22.7 Å². The molecular weight excluding hydrogens is 456 g/mol. The first-order chi connectivity index (χ1) is 16.7. The first-order valence-electron chi connectivity index (χ1n) is 10.2. The Labute approximate surface area is 197 Å². The highest BCUT2D eigenvalue weighted by Gasteiger charge is 2.23. The molecule has 1 atom stereocenters. The Hall–Kier alpha value is -5.10. The van der Waals surface area contributed by atoms with Crippen LogP contribution in [0.4, 0.5) is 26.4 Å². The number of anilines is 3. The summed E-state index contributed by atoms with van der Waals surface area (Å²) in [6.45, 7) is 1.63. The molecule has 0 saturated heterocycles. The summed E-state index contributed by atoms with van der Waals surface area (Å²) in [5.41, 5.74) is 10.7. The van der Waals surface area contributed by atoms with Crippen molar-refractivity contribution in [1.82, 2.24) is 19.5 Å². The predicted octanol–water partition coefficient (Wildman–Crippen LogP) is 3.19. The standard InChI is InChI=1S/C23H17F2N9O/c1-11(30-20-15(10-27)19(28)32-23(29)33-20)21-31-16-7-3-6-14(18(24)25)17(16)22(35)34(21)13-5-2-4-12(8-13)9-26/h2-8,11,18H,1H3,(H5,28,29,30,32,33)/t11-/m0/s1. The number of alkyl halides is 2. The molecule has 0 radical (unpaired) electrons. The third-order valence-electron chi connectivity index (χ3n) is 5.23. The van der Waals surface area contributed by atoms with Gasteiger partial charge in [0, 0.05) is 5.56 Å². The second-order valence-corrected chi connectivity index (χ2v) is 7.48. The molecule has 0 aliphatic carbocycles. The highest BCUT2D eigenvalue weighted by molar-refractivity contribution is 5.82. The summed E-state index contributed by atoms with van der Waals surface area (Å²) in [7, 11) is 0. The lowest BCUT2D eigenvalue weighted by Crippen LogP contribution is -2.28. The molecule has 0 unspecified atom stereocenters. The van der Waals surface area contributed by atoms with Crippen molar-refractivity contribution < 1.29 is 8.78 Å². The molecule has 35 heavy (non-hydrogen) atoms. The van der Waals surface area contributed by atoms with E-state index in [-0.39, 0.29) is 51.1 Å². The van der Waals surface area contributed by atoms with E-state index in [1.54, 1.807) is 25.1 Å². The molecule has 0 aliphatic heterocycles. The summed E-state index contributed by atoms with van der Waals surface area (Å²) in [5.74, 6) is -0.188. The number of nitrogen functional groups attached to an aromatic ring is 2. The SMILES string of the molecule is C[C@H](Nc1nc(N)nc(N)c1C#N)c1nc2cccc(C(F)F)c2c(=O)n1-c1cccc(C#N)c1. The predicted molar refractivity (Wildman–Crippen MR) is 125 cm³/mol. The number of nitrogens with one attached hydrogen (secondary N) is 1. The third kappa shape index (κ3) is 4.16. The Balaban J connectivity index is 2.00. The Morgan fingerprint density at radius 2 is 1.80 bits per heavy atom. The van der Waals surface area contributed by atoms with Gasteiger partial charge in [-0.3, -0.25) is 9.36 Å². The lowest BCUT2D eigenvalue weighted by atomic mass is 10.1. The number of fused-ring (bicyclic) bond motifs is 1. The number of rotatable bonds is 5. The Morgan fingerprint density at radius 3 is 2.49 bits per heavy atom. The van der Waals surface area contributed by atoms with Crippen molar-refractivity contribution in [2.45, 2.75) is 19.4 Å². The van der Waals surface area contributed by atoms with E-state index in [2.05, 4.69) is 20.3 Å². The third-order valence-corrected chi connectivity index (χ3v) is 5.23. The number of nitrogens with zero attached hydrogens (tertiary/aromatic N) is 6. The van der Waals surface area contributed by atoms with Crippen LogP contribution in [0.5, 0.6) is 0 Å². The highest BCUT2D eigenvalue weighted by atomic mass is 19.3. The first kappa shape index (κ1) is 23.1. The molecule has 0 aliphatic rings. The van der Waals surface area contributed by atoms with Crippen molar-refractivity contribution in [2.75, 3.05) is 16.8 Å². The van der Waals surface area contributed by atoms with Gasteiger partial charge in [-0.05, 0) is 31.2 Å². The second-order valence-electron chi connectivity index (χ2n) is 7.48. The summed E-state index contributed by atoms with van der Waals surface area (Å²) in [6.07, 6.45) is -2.90. The van der Waals surface area contributed by atoms with Crippen LogP contribution in [-0.2, 0) is 0 Å². The van der Waals surface area contributed by atoms with Crippen molar-refractivity contribution in [1.29, 1.82) is 10.5 Å². The summed E-state index contributed by atoms with van der Waals surface area (Å²) >= 11 is 0. The molecule has 0 spiro atoms. The Morgan fingerprint density at radius 1 is 1.06 bits per heavy atom. The van der Waals surface area contributed by atoms with Crippen LogP contribution in [0.3, 0.4) is 0 Å². The largest absolute Gasteiger partial charge is 0.382 e. The van der Waals surface area contributed by atoms with E-state index in [1.807, 2.05) is 12.1 Å². The van der Waals surface area contributed by atoms with Gasteiger partial charge >= 0.3 is 0 Å². The van der Waals surface area contributed by atoms with Gasteiger partial charge in [0.25, 0.3) is 12.0 Å². The van der Waals surface area contributed by atoms with Gasteiger partial charge in [0.15, 0.2) is 5.82 Å². The summed E-state index contributed by atoms with van der Waals surface area (Å²) in [5, 5.41) is 21.5. The monoisotopic (exact) mass is 473 g/mol. The molecule has 0 amide bonds. The Bertz CT molecular complexity index is 1600. The van der Waals surface area contributed by atoms with Gasteiger partial charge in [0.05, 0.1) is 34.3 Å². The van der Waals surface area contributed by atoms with Gasteiger partial charge in [-0.15, -0.1) is 0 Å². The quantitative estimate of drug-likeness (QED) is 0.393. The topological polar surface area (TPSA) is 172 Å². The highest BCUT2D eigenvalue weighted by Crippen LogP contribution is 2.28. The molecule has 174 valence electrons. The molecular formula is C23H17F2N9O. The van der Waals surface area contributed by atoms with Gasteiger partial charge in [0.1, 0.15) is 23.3 Å². The maximum absolute atomic E-state index is 13.7. The number of aromatic nitrogens is 4. The van der Waals surface area contributed by atoms with Gasteiger partial charge in [-0.25, -0.2) is 13.8 Å². The number of hydrogen-bond donors (Lipinski definition) is 3. The van der Waals surface area contributed by atoms with Gasteiger partial charge in [-0.2, -0.15) is 20.5 Å². The molecule has 12 heteroatoms. The molecule has 4 aromatic rings. The summed E-state index contributed by atoms with van der Waals surface area (Å²) in [6, 6.07) is 13.2. The van der Waals surface area contributed by atoms with Crippen LogP contribution in [-0.4, -0.2) is 19.5 Å². The van der Waals surface area contributed by atoms with Crippen LogP contribution in [0.15, 0.2) is 47.3 Å². The zero-order valence-corrected chi connectivity index (χ0v) is 18.2. The minimum Gasteiger partial charge on any atom is -0.382 e. The fourth-order valence-electron chi connectivity index (χ4n) is 3.69. The molecule has 5 N–H and O–H groups in total. The fraction of sp³-hybridized carbons (Fsp3) is 0.130. The molecule has 0 bridgehead atoms. The van der Waals surface area contributed by atoms with E-state index in [0.717, 1.165) is 4.57 Å². The second kappa shape index (κ2) is 9.03. The molecule has 2 heterocycles. The van der Waals surface area contributed by atoms with E-state index >= 15 is 0 Å². The summed E-state index contributed by atoms with van der Waals surface area (Å²) < 4.78 is 28.6. The lowest BCUT2D eigenvalue weighted by molar-refractivity contribution is 0.153. The van der Waals surface area contributed by atoms with Crippen LogP contribution in [0.2, 0.25) is 0 Å². The van der Waals surface area contributed by atoms with Crippen molar-refractivity contribution in [2.24, 2.45) is 0 Å². The molecule has 0 saturated carbocycles. The van der Waals surface area contributed by atoms with E-state index in [1.165, 1.54) is 24.3 Å². The van der Waals surface area contributed by atoms with Crippen LogP contribution < -0.4 is 22.3 Å². The molecule has 2 aromatic heterocycles. The van der Waals surface area contributed by atoms with Crippen LogP contribution in [0.25, 0.3) is 16.6 Å². The normalized spacial score (nSPS) is 11.7. The minimum absolute atomic E-state index is 0.0120. The maximum atomic E-state index is 13.7. The molecule has 10 nitrogen and oxygen atoms in total. The van der Waals surface area contributed by atoms with Gasteiger partial charge in [-0.1, -0.05) is 18.2 Å².